The zero-order chi connectivity index (χ0) is 11.7. The minimum absolute atomic E-state index is 0.320. The summed E-state index contributed by atoms with van der Waals surface area (Å²) in [5.41, 5.74) is 3.61. The predicted octanol–water partition coefficient (Wildman–Crippen LogP) is 2.97. The Kier molecular flexibility index (Phi) is 2.77. The van der Waals surface area contributed by atoms with Crippen molar-refractivity contribution in [2.24, 2.45) is 0 Å². The van der Waals surface area contributed by atoms with Gasteiger partial charge < -0.3 is 0 Å². The lowest BCUT2D eigenvalue weighted by atomic mass is 10.0. The van der Waals surface area contributed by atoms with E-state index in [0.29, 0.717) is 11.6 Å². The van der Waals surface area contributed by atoms with Crippen molar-refractivity contribution in [1.82, 2.24) is 9.38 Å². The van der Waals surface area contributed by atoms with Gasteiger partial charge in [0.15, 0.2) is 6.29 Å². The summed E-state index contributed by atoms with van der Waals surface area (Å²) < 4.78 is 1.86. The molecule has 2 aromatic rings. The lowest BCUT2D eigenvalue weighted by molar-refractivity contribution is 0.111. The average molecular weight is 216 g/mol. The van der Waals surface area contributed by atoms with Gasteiger partial charge in [-0.15, -0.1) is 0 Å². The lowest BCUT2D eigenvalue weighted by Crippen LogP contribution is -1.98. The van der Waals surface area contributed by atoms with Crippen LogP contribution in [0.2, 0.25) is 0 Å². The second-order valence-electron chi connectivity index (χ2n) is 4.24. The fourth-order valence-corrected chi connectivity index (χ4v) is 1.86. The maximum absolute atomic E-state index is 11.1. The molecule has 16 heavy (non-hydrogen) atoms. The van der Waals surface area contributed by atoms with Gasteiger partial charge in [-0.05, 0) is 31.0 Å². The summed E-state index contributed by atoms with van der Waals surface area (Å²) in [6.07, 6.45) is 3.80. The molecule has 0 spiro atoms. The normalized spacial score (nSPS) is 12.9. The third kappa shape index (κ3) is 1.62. The van der Waals surface area contributed by atoms with Gasteiger partial charge in [0, 0.05) is 12.1 Å². The van der Waals surface area contributed by atoms with E-state index >= 15 is 0 Å². The molecule has 1 atom stereocenters. The summed E-state index contributed by atoms with van der Waals surface area (Å²) in [5.74, 6) is 0.320. The van der Waals surface area contributed by atoms with Crippen molar-refractivity contribution in [3.05, 3.63) is 35.3 Å². The van der Waals surface area contributed by atoms with Gasteiger partial charge in [-0.2, -0.15) is 0 Å². The Morgan fingerprint density at radius 3 is 2.94 bits per heavy atom. The fraction of sp³-hybridized carbons (Fsp3) is 0.385. The molecule has 1 unspecified atom stereocenters. The summed E-state index contributed by atoms with van der Waals surface area (Å²) in [4.78, 5) is 15.7. The molecule has 2 heterocycles. The van der Waals surface area contributed by atoms with Gasteiger partial charge in [0.25, 0.3) is 0 Å². The van der Waals surface area contributed by atoms with Crippen LogP contribution in [0.3, 0.4) is 0 Å². The van der Waals surface area contributed by atoms with Crippen LogP contribution in [0.25, 0.3) is 5.65 Å². The Morgan fingerprint density at radius 1 is 1.56 bits per heavy atom. The number of nitrogens with zero attached hydrogens (tertiary/aromatic N) is 2. The topological polar surface area (TPSA) is 34.4 Å². The molecule has 0 aliphatic rings. The van der Waals surface area contributed by atoms with E-state index in [2.05, 4.69) is 18.8 Å². The van der Waals surface area contributed by atoms with Gasteiger partial charge in [-0.1, -0.05) is 13.8 Å². The van der Waals surface area contributed by atoms with E-state index in [9.17, 15) is 4.79 Å². The second-order valence-corrected chi connectivity index (χ2v) is 4.24. The summed E-state index contributed by atoms with van der Waals surface area (Å²) in [6, 6.07) is 3.99. The first-order valence-electron chi connectivity index (χ1n) is 5.61. The molecule has 0 radical (unpaired) electrons. The second kappa shape index (κ2) is 4.08. The molecule has 0 fully saturated rings. The Hall–Kier alpha value is -1.64. The standard InChI is InChI=1S/C13H16N2O/c1-4-10(3)13-11(8-16)15-6-5-9(2)7-12(15)14-13/h5-8,10H,4H2,1-3H3. The zero-order valence-corrected chi connectivity index (χ0v) is 9.90. The van der Waals surface area contributed by atoms with Gasteiger partial charge in [-0.25, -0.2) is 4.98 Å². The monoisotopic (exact) mass is 216 g/mol. The van der Waals surface area contributed by atoms with Gasteiger partial charge >= 0.3 is 0 Å². The quantitative estimate of drug-likeness (QED) is 0.739. The van der Waals surface area contributed by atoms with Crippen LogP contribution in [-0.4, -0.2) is 15.7 Å². The number of carbonyl (C=O) groups is 1. The van der Waals surface area contributed by atoms with Crippen LogP contribution in [0.1, 0.15) is 47.9 Å². The van der Waals surface area contributed by atoms with Crippen molar-refractivity contribution >= 4 is 11.9 Å². The molecule has 84 valence electrons. The average Bonchev–Trinajstić information content (AvgIpc) is 2.65. The first-order valence-corrected chi connectivity index (χ1v) is 5.61. The molecular formula is C13H16N2O. The van der Waals surface area contributed by atoms with Crippen molar-refractivity contribution in [3.63, 3.8) is 0 Å². The maximum Gasteiger partial charge on any atom is 0.168 e. The van der Waals surface area contributed by atoms with Gasteiger partial charge in [0.05, 0.1) is 5.69 Å². The molecule has 3 heteroatoms. The van der Waals surface area contributed by atoms with Crippen LogP contribution in [0.5, 0.6) is 0 Å². The first kappa shape index (κ1) is 10.9. The van der Waals surface area contributed by atoms with Crippen molar-refractivity contribution in [2.45, 2.75) is 33.1 Å². The smallest absolute Gasteiger partial charge is 0.168 e. The molecular weight excluding hydrogens is 200 g/mol. The molecule has 0 aliphatic carbocycles. The lowest BCUT2D eigenvalue weighted by Gasteiger charge is -2.04. The number of aryl methyl sites for hydroxylation is 1. The summed E-state index contributed by atoms with van der Waals surface area (Å²) in [7, 11) is 0. The predicted molar refractivity (Wildman–Crippen MR) is 64.0 cm³/mol. The zero-order valence-electron chi connectivity index (χ0n) is 9.90. The summed E-state index contributed by atoms with van der Waals surface area (Å²) in [5, 5.41) is 0. The molecule has 3 nitrogen and oxygen atoms in total. The Balaban J connectivity index is 2.70. The van der Waals surface area contributed by atoms with Crippen molar-refractivity contribution in [3.8, 4) is 0 Å². The van der Waals surface area contributed by atoms with Crippen molar-refractivity contribution in [1.29, 1.82) is 0 Å². The minimum Gasteiger partial charge on any atom is -0.297 e. The Bertz CT molecular complexity index is 528. The van der Waals surface area contributed by atoms with Gasteiger partial charge in [0.2, 0.25) is 0 Å². The summed E-state index contributed by atoms with van der Waals surface area (Å²) >= 11 is 0. The van der Waals surface area contributed by atoms with Crippen molar-refractivity contribution < 1.29 is 4.79 Å². The molecule has 0 amide bonds. The number of hydrogen-bond donors (Lipinski definition) is 0. The maximum atomic E-state index is 11.1. The number of pyridine rings is 1. The minimum atomic E-state index is 0.320. The van der Waals surface area contributed by atoms with Crippen molar-refractivity contribution in [2.75, 3.05) is 0 Å². The van der Waals surface area contributed by atoms with Crippen LogP contribution in [0.4, 0.5) is 0 Å². The third-order valence-electron chi connectivity index (χ3n) is 3.04. The van der Waals surface area contributed by atoms with E-state index in [0.717, 1.165) is 29.6 Å². The van der Waals surface area contributed by atoms with Gasteiger partial charge in [-0.3, -0.25) is 9.20 Å². The molecule has 0 saturated heterocycles. The highest BCUT2D eigenvalue weighted by atomic mass is 16.1. The highest BCUT2D eigenvalue weighted by Crippen LogP contribution is 2.22. The fourth-order valence-electron chi connectivity index (χ4n) is 1.86. The molecule has 2 aromatic heterocycles. The van der Waals surface area contributed by atoms with Crippen LogP contribution >= 0.6 is 0 Å². The number of rotatable bonds is 3. The molecule has 0 saturated carbocycles. The number of aromatic nitrogens is 2. The van der Waals surface area contributed by atoms with Crippen LogP contribution < -0.4 is 0 Å². The highest BCUT2D eigenvalue weighted by Gasteiger charge is 2.15. The summed E-state index contributed by atoms with van der Waals surface area (Å²) in [6.45, 7) is 6.23. The van der Waals surface area contributed by atoms with Gasteiger partial charge in [0.1, 0.15) is 11.3 Å². The molecule has 0 aromatic carbocycles. The van der Waals surface area contributed by atoms with Crippen LogP contribution in [-0.2, 0) is 0 Å². The molecule has 0 aliphatic heterocycles. The number of fused-ring (bicyclic) bond motifs is 1. The number of aldehydes is 1. The van der Waals surface area contributed by atoms with E-state index in [1.807, 2.05) is 29.7 Å². The number of imidazole rings is 1. The molecule has 0 bridgehead atoms. The van der Waals surface area contributed by atoms with E-state index in [-0.39, 0.29) is 0 Å². The van der Waals surface area contributed by atoms with E-state index in [1.165, 1.54) is 0 Å². The Morgan fingerprint density at radius 2 is 2.31 bits per heavy atom. The SMILES string of the molecule is CCC(C)c1nc2cc(C)ccn2c1C=O. The largest absolute Gasteiger partial charge is 0.297 e. The Labute approximate surface area is 95.1 Å². The van der Waals surface area contributed by atoms with E-state index < -0.39 is 0 Å². The van der Waals surface area contributed by atoms with E-state index in [1.54, 1.807) is 0 Å². The number of carbonyl (C=O) groups excluding carboxylic acids is 1. The number of hydrogen-bond acceptors (Lipinski definition) is 2. The molecule has 2 rings (SSSR count). The first-order chi connectivity index (χ1) is 7.67. The highest BCUT2D eigenvalue weighted by molar-refractivity contribution is 5.76. The van der Waals surface area contributed by atoms with Crippen LogP contribution in [0.15, 0.2) is 18.3 Å². The van der Waals surface area contributed by atoms with E-state index in [4.69, 9.17) is 0 Å². The third-order valence-corrected chi connectivity index (χ3v) is 3.04. The molecule has 0 N–H and O–H groups in total. The van der Waals surface area contributed by atoms with Crippen LogP contribution in [0, 0.1) is 6.92 Å².